The van der Waals surface area contributed by atoms with Gasteiger partial charge in [0.15, 0.2) is 5.75 Å². The van der Waals surface area contributed by atoms with E-state index in [-0.39, 0.29) is 22.7 Å². The zero-order chi connectivity index (χ0) is 17.4. The number of primary amides is 1. The van der Waals surface area contributed by atoms with E-state index in [2.05, 4.69) is 9.68 Å². The molecular weight excluding hydrogens is 340 g/mol. The third-order valence-electron chi connectivity index (χ3n) is 2.85. The van der Waals surface area contributed by atoms with Crippen molar-refractivity contribution in [3.05, 3.63) is 39.6 Å². The quantitative estimate of drug-likeness (QED) is 0.504. The lowest BCUT2D eigenvalue weighted by Crippen LogP contribution is -2.17. The van der Waals surface area contributed by atoms with Crippen LogP contribution in [-0.4, -0.2) is 23.1 Å². The van der Waals surface area contributed by atoms with E-state index in [0.717, 1.165) is 12.1 Å². The van der Waals surface area contributed by atoms with Crippen molar-refractivity contribution in [2.75, 3.05) is 7.11 Å². The van der Waals surface area contributed by atoms with Gasteiger partial charge in [-0.1, -0.05) is 5.16 Å². The van der Waals surface area contributed by atoms with Crippen LogP contribution >= 0.6 is 11.6 Å². The van der Waals surface area contributed by atoms with E-state index in [1.54, 1.807) is 0 Å². The number of rotatable bonds is 5. The minimum absolute atomic E-state index is 0.0529. The highest BCUT2D eigenvalue weighted by molar-refractivity contribution is 6.22. The highest BCUT2D eigenvalue weighted by Crippen LogP contribution is 2.40. The van der Waals surface area contributed by atoms with Gasteiger partial charge in [-0.3, -0.25) is 14.9 Å². The molecule has 0 unspecified atom stereocenters. The number of ether oxygens (including phenoxy) is 1. The number of alkyl halides is 3. The molecule has 122 valence electrons. The van der Waals surface area contributed by atoms with Crippen LogP contribution in [0.15, 0.2) is 22.7 Å². The number of aromatic nitrogens is 1. The number of nitro benzene ring substituents is 1. The third kappa shape index (κ3) is 3.06. The molecule has 0 saturated carbocycles. The second kappa shape index (κ2) is 5.80. The predicted molar refractivity (Wildman–Crippen MR) is 73.4 cm³/mol. The molecule has 0 fully saturated rings. The molecule has 0 aliphatic heterocycles. The maximum atomic E-state index is 13.2. The molecule has 0 radical (unpaired) electrons. The molecule has 8 nitrogen and oxygen atoms in total. The molecule has 1 aromatic carbocycles. The van der Waals surface area contributed by atoms with Crippen LogP contribution in [0.3, 0.4) is 0 Å². The van der Waals surface area contributed by atoms with Crippen molar-refractivity contribution in [3.63, 3.8) is 0 Å². The largest absolute Gasteiger partial charge is 0.490 e. The van der Waals surface area contributed by atoms with Gasteiger partial charge in [0, 0.05) is 11.6 Å². The molecule has 23 heavy (non-hydrogen) atoms. The number of nitrogens with zero attached hydrogens (tertiary/aromatic N) is 2. The summed E-state index contributed by atoms with van der Waals surface area (Å²) in [6.45, 7) is 0. The first kappa shape index (κ1) is 16.6. The molecule has 0 bridgehead atoms. The van der Waals surface area contributed by atoms with Crippen molar-refractivity contribution in [3.8, 4) is 17.0 Å². The number of methoxy groups -OCH3 is 1. The fraction of sp³-hybridized carbons (Fsp3) is 0.167. The Hall–Kier alpha value is -2.75. The Kier molecular flexibility index (Phi) is 4.19. The van der Waals surface area contributed by atoms with Crippen molar-refractivity contribution in [1.82, 2.24) is 5.16 Å². The van der Waals surface area contributed by atoms with Crippen molar-refractivity contribution >= 4 is 23.2 Å². The number of nitrogens with two attached hydrogens (primary N) is 1. The highest BCUT2D eigenvalue weighted by Gasteiger charge is 2.40. The summed E-state index contributed by atoms with van der Waals surface area (Å²) < 4.78 is 35.7. The lowest BCUT2D eigenvalue weighted by atomic mass is 10.0. The number of hydrogen-bond donors (Lipinski definition) is 1. The molecule has 0 spiro atoms. The average Bonchev–Trinajstić information content (AvgIpc) is 2.91. The maximum absolute atomic E-state index is 13.2. The summed E-state index contributed by atoms with van der Waals surface area (Å²) in [5, 5.41) is 10.2. The van der Waals surface area contributed by atoms with E-state index in [1.807, 2.05) is 0 Å². The Morgan fingerprint density at radius 3 is 2.65 bits per heavy atom. The van der Waals surface area contributed by atoms with Gasteiger partial charge in [-0.15, -0.1) is 0 Å². The van der Waals surface area contributed by atoms with Gasteiger partial charge in [-0.25, -0.2) is 0 Å². The Bertz CT molecular complexity index is 787. The molecule has 1 amide bonds. The molecule has 0 atom stereocenters. The molecule has 2 aromatic rings. The van der Waals surface area contributed by atoms with Crippen LogP contribution in [-0.2, 0) is 5.38 Å². The van der Waals surface area contributed by atoms with Gasteiger partial charge >= 0.3 is 11.1 Å². The van der Waals surface area contributed by atoms with Gasteiger partial charge in [-0.2, -0.15) is 8.78 Å². The van der Waals surface area contributed by atoms with E-state index in [9.17, 15) is 23.7 Å². The summed E-state index contributed by atoms with van der Waals surface area (Å²) in [5.74, 6) is -2.61. The number of carbonyl (C=O) groups is 1. The summed E-state index contributed by atoms with van der Waals surface area (Å²) in [6, 6.07) is 3.38. The first-order chi connectivity index (χ1) is 10.7. The normalized spacial score (nSPS) is 11.3. The number of nitro groups is 1. The van der Waals surface area contributed by atoms with Gasteiger partial charge in [0.05, 0.1) is 12.0 Å². The zero-order valence-corrected chi connectivity index (χ0v) is 12.1. The average molecular weight is 348 g/mol. The fourth-order valence-corrected chi connectivity index (χ4v) is 2.01. The third-order valence-corrected chi connectivity index (χ3v) is 3.02. The monoisotopic (exact) mass is 347 g/mol. The predicted octanol–water partition coefficient (Wildman–Crippen LogP) is 2.65. The van der Waals surface area contributed by atoms with Crippen LogP contribution in [0.1, 0.15) is 16.1 Å². The van der Waals surface area contributed by atoms with E-state index >= 15 is 0 Å². The lowest BCUT2D eigenvalue weighted by Gasteiger charge is -2.06. The van der Waals surface area contributed by atoms with E-state index in [1.165, 1.54) is 13.2 Å². The minimum Gasteiger partial charge on any atom is -0.490 e. The van der Waals surface area contributed by atoms with E-state index in [4.69, 9.17) is 22.1 Å². The van der Waals surface area contributed by atoms with Gasteiger partial charge in [0.1, 0.15) is 11.3 Å². The van der Waals surface area contributed by atoms with Crippen LogP contribution < -0.4 is 10.5 Å². The van der Waals surface area contributed by atoms with Crippen molar-refractivity contribution in [2.45, 2.75) is 5.38 Å². The Balaban J connectivity index is 2.66. The Labute approximate surface area is 131 Å². The number of halogens is 3. The SMILES string of the molecule is COc1cc(-c2noc(C(F)(F)Cl)c2C(N)=O)ccc1[N+](=O)[O-]. The van der Waals surface area contributed by atoms with Crippen LogP contribution in [0.5, 0.6) is 5.75 Å². The fourth-order valence-electron chi connectivity index (χ4n) is 1.88. The highest BCUT2D eigenvalue weighted by atomic mass is 35.5. The van der Waals surface area contributed by atoms with Gasteiger partial charge in [0.2, 0.25) is 5.76 Å². The second-order valence-corrected chi connectivity index (χ2v) is 4.72. The standard InChI is InChI=1S/C12H8ClF2N3O5/c1-22-7-4-5(2-3-6(7)18(20)21)9-8(11(16)19)10(23-17-9)12(13,14)15/h2-4H,1H3,(H2,16,19). The first-order valence-corrected chi connectivity index (χ1v) is 6.24. The van der Waals surface area contributed by atoms with Crippen LogP contribution in [0.25, 0.3) is 11.3 Å². The summed E-state index contributed by atoms with van der Waals surface area (Å²) in [6.07, 6.45) is 0. The Morgan fingerprint density at radius 1 is 1.52 bits per heavy atom. The molecular formula is C12H8ClF2N3O5. The summed E-state index contributed by atoms with van der Waals surface area (Å²) >= 11 is 4.85. The molecule has 2 rings (SSSR count). The molecule has 1 aromatic heterocycles. The van der Waals surface area contributed by atoms with Gasteiger partial charge < -0.3 is 15.0 Å². The molecule has 0 aliphatic rings. The molecule has 2 N–H and O–H groups in total. The van der Waals surface area contributed by atoms with Crippen molar-refractivity contribution in [1.29, 1.82) is 0 Å². The maximum Gasteiger partial charge on any atom is 0.383 e. The molecule has 1 heterocycles. The van der Waals surface area contributed by atoms with E-state index in [0.29, 0.717) is 0 Å². The summed E-state index contributed by atoms with van der Waals surface area (Å²) in [4.78, 5) is 21.6. The van der Waals surface area contributed by atoms with Gasteiger partial charge in [-0.05, 0) is 23.7 Å². The lowest BCUT2D eigenvalue weighted by molar-refractivity contribution is -0.385. The number of benzene rings is 1. The summed E-state index contributed by atoms with van der Waals surface area (Å²) in [5.41, 5.74) is 3.71. The molecule has 0 saturated heterocycles. The molecule has 0 aliphatic carbocycles. The first-order valence-electron chi connectivity index (χ1n) is 5.86. The second-order valence-electron chi connectivity index (χ2n) is 4.24. The van der Waals surface area contributed by atoms with Crippen molar-refractivity contribution in [2.24, 2.45) is 5.73 Å². The number of hydrogen-bond acceptors (Lipinski definition) is 6. The van der Waals surface area contributed by atoms with Crippen LogP contribution in [0.2, 0.25) is 0 Å². The van der Waals surface area contributed by atoms with E-state index < -0.39 is 27.5 Å². The number of carbonyl (C=O) groups excluding carboxylic acids is 1. The summed E-state index contributed by atoms with van der Waals surface area (Å²) in [7, 11) is 1.18. The van der Waals surface area contributed by atoms with Crippen LogP contribution in [0, 0.1) is 10.1 Å². The van der Waals surface area contributed by atoms with Crippen LogP contribution in [0.4, 0.5) is 14.5 Å². The topological polar surface area (TPSA) is 121 Å². The van der Waals surface area contributed by atoms with Crippen molar-refractivity contribution < 1.29 is 27.8 Å². The van der Waals surface area contributed by atoms with Gasteiger partial charge in [0.25, 0.3) is 5.91 Å². The number of amides is 1. The zero-order valence-electron chi connectivity index (χ0n) is 11.4. The molecule has 11 heteroatoms. The Morgan fingerprint density at radius 2 is 2.17 bits per heavy atom. The minimum atomic E-state index is -4.00. The smallest absolute Gasteiger partial charge is 0.383 e.